The van der Waals surface area contributed by atoms with Crippen molar-refractivity contribution in [2.45, 2.75) is 24.7 Å². The first-order chi connectivity index (χ1) is 7.56. The molecule has 0 aliphatic carbocycles. The molecule has 1 rings (SSSR count). The van der Waals surface area contributed by atoms with Crippen LogP contribution in [0.1, 0.15) is 18.4 Å². The highest BCUT2D eigenvalue weighted by Gasteiger charge is 2.13. The van der Waals surface area contributed by atoms with E-state index in [1.54, 1.807) is 12.1 Å². The van der Waals surface area contributed by atoms with E-state index in [0.29, 0.717) is 12.8 Å². The Morgan fingerprint density at radius 2 is 1.81 bits per heavy atom. The van der Waals surface area contributed by atoms with Gasteiger partial charge in [0.25, 0.3) is 10.1 Å². The lowest BCUT2D eigenvalue weighted by molar-refractivity contribution is 0.299. The van der Waals surface area contributed by atoms with Crippen molar-refractivity contribution in [1.82, 2.24) is 0 Å². The molecule has 1 aromatic rings. The molecule has 0 saturated heterocycles. The maximum Gasteiger partial charge on any atom is 0.296 e. The van der Waals surface area contributed by atoms with Gasteiger partial charge >= 0.3 is 0 Å². The van der Waals surface area contributed by atoms with Gasteiger partial charge in [0.05, 0.1) is 18.2 Å². The Kier molecular flexibility index (Phi) is 4.89. The van der Waals surface area contributed by atoms with Crippen LogP contribution in [0.5, 0.6) is 0 Å². The second kappa shape index (κ2) is 5.96. The number of hydrogen-bond acceptors (Lipinski definition) is 3. The fourth-order valence-electron chi connectivity index (χ4n) is 1.14. The number of halogens is 1. The summed E-state index contributed by atoms with van der Waals surface area (Å²) < 4.78 is 39.7. The lowest BCUT2D eigenvalue weighted by atomic mass is 10.2. The highest BCUT2D eigenvalue weighted by molar-refractivity contribution is 7.86. The zero-order chi connectivity index (χ0) is 12.0. The van der Waals surface area contributed by atoms with E-state index >= 15 is 0 Å². The third kappa shape index (κ3) is 3.90. The molecule has 5 heteroatoms. The minimum Gasteiger partial charge on any atom is -0.266 e. The van der Waals surface area contributed by atoms with Crippen molar-refractivity contribution in [3.05, 3.63) is 29.8 Å². The lowest BCUT2D eigenvalue weighted by Gasteiger charge is -2.05. The van der Waals surface area contributed by atoms with Crippen LogP contribution < -0.4 is 0 Å². The molecule has 0 atom stereocenters. The monoisotopic (exact) mass is 245 g/mol. The molecule has 90 valence electrons. The van der Waals surface area contributed by atoms with Gasteiger partial charge in [-0.2, -0.15) is 8.42 Å². The number of benzene rings is 1. The smallest absolute Gasteiger partial charge is 0.266 e. The third-order valence-corrected chi connectivity index (χ3v) is 3.40. The quantitative estimate of drug-likeness (QED) is 0.571. The van der Waals surface area contributed by atoms with Crippen LogP contribution in [0, 0.1) is 6.92 Å². The van der Waals surface area contributed by atoms with Gasteiger partial charge in [0.15, 0.2) is 0 Å². The van der Waals surface area contributed by atoms with Crippen molar-refractivity contribution in [3.63, 3.8) is 0 Å². The summed E-state index contributed by atoms with van der Waals surface area (Å²) in [5.74, 6) is 0. The average Bonchev–Trinajstić information content (AvgIpc) is 2.25. The van der Waals surface area contributed by atoms with Crippen LogP contribution >= 0.6 is 0 Å². The van der Waals surface area contributed by atoms with Crippen molar-refractivity contribution in [1.29, 1.82) is 0 Å². The maximum atomic E-state index is 11.8. The topological polar surface area (TPSA) is 43.4 Å². The molecule has 0 aliphatic heterocycles. The highest BCUT2D eigenvalue weighted by atomic mass is 32.2. The van der Waals surface area contributed by atoms with E-state index in [4.69, 9.17) is 4.18 Å². The molecule has 0 radical (unpaired) electrons. The van der Waals surface area contributed by atoms with Crippen LogP contribution in [-0.4, -0.2) is 21.7 Å². The van der Waals surface area contributed by atoms with E-state index in [1.807, 2.05) is 6.92 Å². The molecule has 3 nitrogen and oxygen atoms in total. The van der Waals surface area contributed by atoms with Crippen molar-refractivity contribution in [2.75, 3.05) is 13.3 Å². The lowest BCUT2D eigenvalue weighted by Crippen LogP contribution is -2.07. The maximum absolute atomic E-state index is 11.8. The first-order valence-corrected chi connectivity index (χ1v) is 6.49. The number of rotatable bonds is 6. The van der Waals surface area contributed by atoms with Crippen LogP contribution in [0.25, 0.3) is 0 Å². The van der Waals surface area contributed by atoms with Crippen LogP contribution in [0.2, 0.25) is 0 Å². The standard InChI is InChI=1S/C11H15FO3S/c1-10-4-6-11(7-5-10)16(13,14)15-9-3-2-8-12/h4-7H,2-3,8-9H2,1H3/i12-1. The molecule has 0 unspecified atom stereocenters. The Bertz CT molecular complexity index is 411. The van der Waals surface area contributed by atoms with E-state index in [-0.39, 0.29) is 11.5 Å². The molecule has 0 fully saturated rings. The minimum atomic E-state index is -3.68. The summed E-state index contributed by atoms with van der Waals surface area (Å²) in [5.41, 5.74) is 0.983. The summed E-state index contributed by atoms with van der Waals surface area (Å²) in [4.78, 5) is 0.137. The molecule has 16 heavy (non-hydrogen) atoms. The molecule has 0 amide bonds. The number of hydrogen-bond donors (Lipinski definition) is 0. The summed E-state index contributed by atoms with van der Waals surface area (Å²) in [6.07, 6.45) is 0.727. The van der Waals surface area contributed by atoms with Gasteiger partial charge in [-0.15, -0.1) is 0 Å². The zero-order valence-electron chi connectivity index (χ0n) is 9.15. The zero-order valence-corrected chi connectivity index (χ0v) is 9.97. The molecule has 0 saturated carbocycles. The van der Waals surface area contributed by atoms with Gasteiger partial charge < -0.3 is 0 Å². The van der Waals surface area contributed by atoms with Gasteiger partial charge in [-0.05, 0) is 31.9 Å². The van der Waals surface area contributed by atoms with E-state index in [2.05, 4.69) is 0 Å². The Labute approximate surface area is 95.4 Å². The SMILES string of the molecule is Cc1ccc(S(=O)(=O)OCCCC[18F])cc1. The van der Waals surface area contributed by atoms with Gasteiger partial charge in [-0.3, -0.25) is 8.57 Å². The number of alkyl halides is 1. The van der Waals surface area contributed by atoms with Crippen molar-refractivity contribution < 1.29 is 17.0 Å². The van der Waals surface area contributed by atoms with Gasteiger partial charge in [0.2, 0.25) is 0 Å². The van der Waals surface area contributed by atoms with Gasteiger partial charge in [0, 0.05) is 0 Å². The Morgan fingerprint density at radius 1 is 1.19 bits per heavy atom. The summed E-state index contributed by atoms with van der Waals surface area (Å²) >= 11 is 0. The second-order valence-corrected chi connectivity index (χ2v) is 5.10. The summed E-state index contributed by atoms with van der Waals surface area (Å²) in [5, 5.41) is 0. The molecule has 0 bridgehead atoms. The second-order valence-electron chi connectivity index (χ2n) is 3.49. The minimum absolute atomic E-state index is 0.0279. The molecule has 0 aliphatic rings. The van der Waals surface area contributed by atoms with E-state index in [0.717, 1.165) is 5.56 Å². The van der Waals surface area contributed by atoms with Crippen LogP contribution in [0.15, 0.2) is 29.2 Å². The van der Waals surface area contributed by atoms with Gasteiger partial charge in [0.1, 0.15) is 0 Å². The fraction of sp³-hybridized carbons (Fsp3) is 0.455. The van der Waals surface area contributed by atoms with Crippen LogP contribution in [0.3, 0.4) is 0 Å². The molecular formula is C11H15FO3S. The largest absolute Gasteiger partial charge is 0.296 e. The molecule has 1 aromatic carbocycles. The van der Waals surface area contributed by atoms with E-state index in [1.165, 1.54) is 12.1 Å². The third-order valence-electron chi connectivity index (χ3n) is 2.08. The highest BCUT2D eigenvalue weighted by Crippen LogP contribution is 2.13. The van der Waals surface area contributed by atoms with Crippen molar-refractivity contribution in [2.24, 2.45) is 0 Å². The van der Waals surface area contributed by atoms with E-state index < -0.39 is 16.8 Å². The number of unbranched alkanes of at least 4 members (excludes halogenated alkanes) is 1. The van der Waals surface area contributed by atoms with Crippen molar-refractivity contribution >= 4 is 10.1 Å². The predicted octanol–water partition coefficient (Wildman–Crippen LogP) is 2.45. The first-order valence-electron chi connectivity index (χ1n) is 5.08. The van der Waals surface area contributed by atoms with Crippen molar-refractivity contribution in [3.8, 4) is 0 Å². The molecule has 0 spiro atoms. The van der Waals surface area contributed by atoms with E-state index in [9.17, 15) is 12.8 Å². The van der Waals surface area contributed by atoms with Crippen LogP contribution in [-0.2, 0) is 14.3 Å². The Morgan fingerprint density at radius 3 is 2.38 bits per heavy atom. The van der Waals surface area contributed by atoms with Crippen LogP contribution in [0.4, 0.5) is 4.39 Å². The summed E-state index contributed by atoms with van der Waals surface area (Å²) in [6.45, 7) is 1.45. The number of aryl methyl sites for hydroxylation is 1. The summed E-state index contributed by atoms with van der Waals surface area (Å²) in [7, 11) is -3.68. The van der Waals surface area contributed by atoms with Gasteiger partial charge in [-0.1, -0.05) is 17.7 Å². The first kappa shape index (κ1) is 13.1. The molecule has 0 heterocycles. The summed E-state index contributed by atoms with van der Waals surface area (Å²) in [6, 6.07) is 6.41. The van der Waals surface area contributed by atoms with Gasteiger partial charge in [-0.25, -0.2) is 0 Å². The Hall–Kier alpha value is -0.940. The molecule has 0 aromatic heterocycles. The molecular weight excluding hydrogens is 230 g/mol. The molecule has 0 N–H and O–H groups in total. The normalized spacial score (nSPS) is 11.6. The average molecular weight is 245 g/mol. The predicted molar refractivity (Wildman–Crippen MR) is 59.5 cm³/mol. The fourth-order valence-corrected chi connectivity index (χ4v) is 2.08. The Balaban J connectivity index is 2.60.